The van der Waals surface area contributed by atoms with Crippen LogP contribution < -0.4 is 0 Å². The largest absolute Gasteiger partial charge is 0.340 e. The van der Waals surface area contributed by atoms with Gasteiger partial charge in [0, 0.05) is 44.4 Å². The minimum Gasteiger partial charge on any atom is -0.340 e. The molecular weight excluding hydrogens is 312 g/mol. The van der Waals surface area contributed by atoms with Crippen molar-refractivity contribution in [2.75, 3.05) is 26.2 Å². The molecule has 0 bridgehead atoms. The van der Waals surface area contributed by atoms with Crippen LogP contribution in [0.1, 0.15) is 29.4 Å². The fraction of sp³-hybridized carbons (Fsp3) is 0.562. The van der Waals surface area contributed by atoms with Gasteiger partial charge in [-0.05, 0) is 24.3 Å². The van der Waals surface area contributed by atoms with Gasteiger partial charge in [-0.15, -0.1) is 11.3 Å². The molecule has 0 spiro atoms. The molecule has 3 rings (SSSR count). The molecule has 0 atom stereocenters. The molecule has 0 aromatic carbocycles. The Morgan fingerprint density at radius 1 is 1.35 bits per heavy atom. The summed E-state index contributed by atoms with van der Waals surface area (Å²) >= 11 is 1.76. The summed E-state index contributed by atoms with van der Waals surface area (Å²) in [7, 11) is 0. The average molecular weight is 334 g/mol. The summed E-state index contributed by atoms with van der Waals surface area (Å²) in [5.41, 5.74) is 0. The Hall–Kier alpha value is -1.73. The third kappa shape index (κ3) is 4.62. The smallest absolute Gasteiger partial charge is 0.223 e. The Kier molecular flexibility index (Phi) is 5.40. The zero-order valence-electron chi connectivity index (χ0n) is 13.4. The van der Waals surface area contributed by atoms with E-state index >= 15 is 0 Å². The van der Waals surface area contributed by atoms with Gasteiger partial charge in [0.1, 0.15) is 0 Å². The topological polar surface area (TPSA) is 62.5 Å². The molecule has 7 heteroatoms. The van der Waals surface area contributed by atoms with Gasteiger partial charge in [0.05, 0.1) is 6.54 Å². The lowest BCUT2D eigenvalue weighted by atomic mass is 10.2. The zero-order valence-corrected chi connectivity index (χ0v) is 14.2. The lowest BCUT2D eigenvalue weighted by Gasteiger charge is -2.34. The minimum atomic E-state index is 0.275. The lowest BCUT2D eigenvalue weighted by Crippen LogP contribution is -2.48. The van der Waals surface area contributed by atoms with Crippen molar-refractivity contribution in [3.63, 3.8) is 0 Å². The Bertz CT molecular complexity index is 618. The molecule has 0 unspecified atom stereocenters. The number of piperazine rings is 1. The highest BCUT2D eigenvalue weighted by Gasteiger charge is 2.21. The first kappa shape index (κ1) is 16.1. The third-order valence-corrected chi connectivity index (χ3v) is 4.99. The molecule has 3 heterocycles. The number of hydrogen-bond donors (Lipinski definition) is 0. The van der Waals surface area contributed by atoms with E-state index in [9.17, 15) is 4.79 Å². The Balaban J connectivity index is 1.37. The van der Waals surface area contributed by atoms with Gasteiger partial charge in [0.25, 0.3) is 0 Å². The fourth-order valence-corrected chi connectivity index (χ4v) is 3.54. The highest BCUT2D eigenvalue weighted by molar-refractivity contribution is 7.09. The molecule has 6 nitrogen and oxygen atoms in total. The number of rotatable bonds is 6. The van der Waals surface area contributed by atoms with Gasteiger partial charge in [-0.1, -0.05) is 11.2 Å². The zero-order chi connectivity index (χ0) is 16.1. The van der Waals surface area contributed by atoms with Gasteiger partial charge in [-0.3, -0.25) is 9.69 Å². The highest BCUT2D eigenvalue weighted by Crippen LogP contribution is 2.13. The number of carbonyl (C=O) groups is 1. The summed E-state index contributed by atoms with van der Waals surface area (Å²) in [6.45, 7) is 5.79. The van der Waals surface area contributed by atoms with Gasteiger partial charge in [0.2, 0.25) is 11.8 Å². The van der Waals surface area contributed by atoms with Crippen LogP contribution in [0.3, 0.4) is 0 Å². The molecule has 2 aromatic rings. The minimum absolute atomic E-state index is 0.275. The normalized spacial score (nSPS) is 16.0. The van der Waals surface area contributed by atoms with E-state index in [1.165, 1.54) is 4.88 Å². The van der Waals surface area contributed by atoms with Gasteiger partial charge in [-0.2, -0.15) is 4.98 Å². The van der Waals surface area contributed by atoms with Crippen LogP contribution in [0.15, 0.2) is 22.0 Å². The van der Waals surface area contributed by atoms with Crippen molar-refractivity contribution in [1.82, 2.24) is 19.9 Å². The van der Waals surface area contributed by atoms with Crippen molar-refractivity contribution < 1.29 is 9.32 Å². The first-order valence-corrected chi connectivity index (χ1v) is 8.90. The second-order valence-corrected chi connectivity index (χ2v) is 6.85. The summed E-state index contributed by atoms with van der Waals surface area (Å²) in [4.78, 5) is 22.1. The molecule has 0 radical (unpaired) electrons. The predicted octanol–water partition coefficient (Wildman–Crippen LogP) is 2.11. The van der Waals surface area contributed by atoms with Gasteiger partial charge < -0.3 is 9.42 Å². The summed E-state index contributed by atoms with van der Waals surface area (Å²) in [5.74, 6) is 1.59. The Morgan fingerprint density at radius 2 is 2.17 bits per heavy atom. The van der Waals surface area contributed by atoms with E-state index in [2.05, 4.69) is 32.6 Å². The number of aromatic nitrogens is 2. The van der Waals surface area contributed by atoms with Crippen LogP contribution in [-0.4, -0.2) is 52.0 Å². The molecule has 1 fully saturated rings. The molecule has 1 saturated heterocycles. The van der Waals surface area contributed by atoms with Crippen LogP contribution in [0, 0.1) is 6.92 Å². The van der Waals surface area contributed by atoms with E-state index in [1.54, 1.807) is 18.3 Å². The molecule has 1 aliphatic rings. The summed E-state index contributed by atoms with van der Waals surface area (Å²) in [5, 5.41) is 6.01. The molecule has 0 aliphatic carbocycles. The number of aryl methyl sites for hydroxylation is 2. The SMILES string of the molecule is Cc1nc(CN2CCN(C(=O)CCCc3cccs3)CC2)no1. The number of amides is 1. The van der Waals surface area contributed by atoms with Crippen LogP contribution in [0.25, 0.3) is 0 Å². The van der Waals surface area contributed by atoms with Crippen molar-refractivity contribution in [2.24, 2.45) is 0 Å². The molecule has 23 heavy (non-hydrogen) atoms. The fourth-order valence-electron chi connectivity index (χ4n) is 2.79. The molecule has 124 valence electrons. The van der Waals surface area contributed by atoms with E-state index < -0.39 is 0 Å². The Labute approximate surface area is 140 Å². The number of hydrogen-bond acceptors (Lipinski definition) is 6. The maximum Gasteiger partial charge on any atom is 0.223 e. The quantitative estimate of drug-likeness (QED) is 0.809. The molecule has 1 aliphatic heterocycles. The first-order valence-electron chi connectivity index (χ1n) is 8.02. The van der Waals surface area contributed by atoms with Gasteiger partial charge in [-0.25, -0.2) is 0 Å². The van der Waals surface area contributed by atoms with Crippen molar-refractivity contribution in [2.45, 2.75) is 32.7 Å². The van der Waals surface area contributed by atoms with E-state index in [0.717, 1.165) is 44.8 Å². The summed E-state index contributed by atoms with van der Waals surface area (Å²) in [6, 6.07) is 4.19. The summed E-state index contributed by atoms with van der Waals surface area (Å²) < 4.78 is 4.99. The standard InChI is InChI=1S/C16H22N4O2S/c1-13-17-15(18-22-13)12-19-7-9-20(10-8-19)16(21)6-2-4-14-5-3-11-23-14/h3,5,11H,2,4,6-10,12H2,1H3. The van der Waals surface area contributed by atoms with E-state index in [1.807, 2.05) is 4.90 Å². The van der Waals surface area contributed by atoms with Crippen molar-refractivity contribution in [1.29, 1.82) is 0 Å². The second kappa shape index (κ2) is 7.70. The van der Waals surface area contributed by atoms with Crippen LogP contribution >= 0.6 is 11.3 Å². The van der Waals surface area contributed by atoms with Crippen LogP contribution in [0.4, 0.5) is 0 Å². The number of thiophene rings is 1. The molecular formula is C16H22N4O2S. The van der Waals surface area contributed by atoms with Crippen LogP contribution in [0.2, 0.25) is 0 Å². The highest BCUT2D eigenvalue weighted by atomic mass is 32.1. The van der Waals surface area contributed by atoms with Gasteiger partial charge in [0.15, 0.2) is 5.82 Å². The average Bonchev–Trinajstić information content (AvgIpc) is 3.20. The van der Waals surface area contributed by atoms with Crippen molar-refractivity contribution >= 4 is 17.2 Å². The molecule has 0 saturated carbocycles. The molecule has 0 N–H and O–H groups in total. The third-order valence-electron chi connectivity index (χ3n) is 4.05. The lowest BCUT2D eigenvalue weighted by molar-refractivity contribution is -0.133. The first-order chi connectivity index (χ1) is 11.2. The predicted molar refractivity (Wildman–Crippen MR) is 88.1 cm³/mol. The molecule has 1 amide bonds. The maximum atomic E-state index is 12.3. The van der Waals surface area contributed by atoms with E-state index in [4.69, 9.17) is 4.52 Å². The number of carbonyl (C=O) groups excluding carboxylic acids is 1. The summed E-state index contributed by atoms with van der Waals surface area (Å²) in [6.07, 6.45) is 2.57. The van der Waals surface area contributed by atoms with Gasteiger partial charge >= 0.3 is 0 Å². The Morgan fingerprint density at radius 3 is 2.83 bits per heavy atom. The maximum absolute atomic E-state index is 12.3. The van der Waals surface area contributed by atoms with Crippen LogP contribution in [0.5, 0.6) is 0 Å². The van der Waals surface area contributed by atoms with E-state index in [0.29, 0.717) is 18.9 Å². The van der Waals surface area contributed by atoms with E-state index in [-0.39, 0.29) is 5.91 Å². The monoisotopic (exact) mass is 334 g/mol. The number of nitrogens with zero attached hydrogens (tertiary/aromatic N) is 4. The van der Waals surface area contributed by atoms with Crippen molar-refractivity contribution in [3.8, 4) is 0 Å². The van der Waals surface area contributed by atoms with Crippen molar-refractivity contribution in [3.05, 3.63) is 34.1 Å². The second-order valence-electron chi connectivity index (χ2n) is 5.82. The molecule has 2 aromatic heterocycles. The van der Waals surface area contributed by atoms with Crippen LogP contribution in [-0.2, 0) is 17.8 Å².